The molecule has 0 radical (unpaired) electrons. The monoisotopic (exact) mass is 436 g/mol. The van der Waals surface area contributed by atoms with Crippen LogP contribution in [0.1, 0.15) is 87.9 Å². The van der Waals surface area contributed by atoms with Crippen LogP contribution >= 0.6 is 0 Å². The Balaban J connectivity index is 2.04. The third-order valence-electron chi connectivity index (χ3n) is 6.11. The summed E-state index contributed by atoms with van der Waals surface area (Å²) in [4.78, 5) is 25.7. The number of phenolic OH excluding ortho intramolecular Hbond substituents is 2. The van der Waals surface area contributed by atoms with Crippen LogP contribution in [0.2, 0.25) is 0 Å². The fraction of sp³-hybridized carbons (Fsp3) is 0.429. The van der Waals surface area contributed by atoms with Crippen molar-refractivity contribution in [1.82, 2.24) is 0 Å². The third kappa shape index (κ3) is 6.32. The Morgan fingerprint density at radius 3 is 1.69 bits per heavy atom. The maximum atomic E-state index is 13.0. The molecule has 1 aromatic rings. The van der Waals surface area contributed by atoms with E-state index in [9.17, 15) is 19.8 Å². The fourth-order valence-corrected chi connectivity index (χ4v) is 3.83. The summed E-state index contributed by atoms with van der Waals surface area (Å²) < 4.78 is 0. The number of fused-ring (bicyclic) bond motifs is 1. The molecular formula is C28H36O4. The van der Waals surface area contributed by atoms with E-state index in [1.54, 1.807) is 6.92 Å². The highest BCUT2D eigenvalue weighted by Gasteiger charge is 2.41. The number of carbonyl (C=O) groups is 2. The Labute approximate surface area is 192 Å². The Morgan fingerprint density at radius 1 is 0.750 bits per heavy atom. The number of Topliss-reactive ketones (excluding diaryl/α,β-unsaturated/α-hetero) is 2. The summed E-state index contributed by atoms with van der Waals surface area (Å²) in [5.41, 5.74) is 5.01. The van der Waals surface area contributed by atoms with Crippen LogP contribution in [-0.4, -0.2) is 21.8 Å². The largest absolute Gasteiger partial charge is 0.507 e. The lowest BCUT2D eigenvalue weighted by Gasteiger charge is -2.28. The second kappa shape index (κ2) is 11.1. The summed E-state index contributed by atoms with van der Waals surface area (Å²) in [5.74, 6) is -2.16. The van der Waals surface area contributed by atoms with Gasteiger partial charge in [0.1, 0.15) is 11.5 Å². The molecule has 1 aliphatic carbocycles. The second-order valence-electron chi connectivity index (χ2n) is 9.26. The highest BCUT2D eigenvalue weighted by Crippen LogP contribution is 2.40. The van der Waals surface area contributed by atoms with Crippen LogP contribution in [0.4, 0.5) is 0 Å². The minimum atomic E-state index is -0.544. The summed E-state index contributed by atoms with van der Waals surface area (Å²) in [6.45, 7) is 12.2. The van der Waals surface area contributed by atoms with Crippen LogP contribution < -0.4 is 0 Å². The highest BCUT2D eigenvalue weighted by molar-refractivity contribution is 6.18. The lowest BCUT2D eigenvalue weighted by atomic mass is 9.72. The zero-order chi connectivity index (χ0) is 24.0. The zero-order valence-corrected chi connectivity index (χ0v) is 20.2. The average Bonchev–Trinajstić information content (AvgIpc) is 2.74. The number of hydrogen-bond acceptors (Lipinski definition) is 4. The van der Waals surface area contributed by atoms with Crippen LogP contribution in [0.15, 0.2) is 58.7 Å². The van der Waals surface area contributed by atoms with Gasteiger partial charge in [-0.05, 0) is 72.4 Å². The molecule has 0 heterocycles. The first-order chi connectivity index (χ1) is 15.0. The van der Waals surface area contributed by atoms with E-state index in [2.05, 4.69) is 45.9 Å². The summed E-state index contributed by atoms with van der Waals surface area (Å²) in [6, 6.07) is 2.51. The van der Waals surface area contributed by atoms with Crippen LogP contribution in [0.3, 0.4) is 0 Å². The van der Waals surface area contributed by atoms with E-state index in [0.29, 0.717) is 6.42 Å². The number of carbonyl (C=O) groups excluding carboxylic acids is 2. The predicted octanol–water partition coefficient (Wildman–Crippen LogP) is 7.09. The maximum absolute atomic E-state index is 13.0. The number of benzene rings is 1. The van der Waals surface area contributed by atoms with Crippen molar-refractivity contribution in [3.05, 3.63) is 69.9 Å². The predicted molar refractivity (Wildman–Crippen MR) is 130 cm³/mol. The van der Waals surface area contributed by atoms with Crippen molar-refractivity contribution >= 4 is 11.6 Å². The van der Waals surface area contributed by atoms with Crippen molar-refractivity contribution in [3.8, 4) is 11.5 Å². The molecule has 4 heteroatoms. The third-order valence-corrected chi connectivity index (χ3v) is 6.11. The van der Waals surface area contributed by atoms with E-state index >= 15 is 0 Å². The van der Waals surface area contributed by atoms with E-state index in [0.717, 1.165) is 24.8 Å². The molecule has 0 aliphatic heterocycles. The van der Waals surface area contributed by atoms with E-state index in [-0.39, 0.29) is 34.2 Å². The highest BCUT2D eigenvalue weighted by atomic mass is 16.3. The Hall–Kier alpha value is -2.88. The van der Waals surface area contributed by atoms with Crippen molar-refractivity contribution in [2.45, 2.75) is 67.2 Å². The number of rotatable bonds is 8. The molecule has 172 valence electrons. The molecule has 0 spiro atoms. The molecule has 4 nitrogen and oxygen atoms in total. The molecule has 2 rings (SSSR count). The fourth-order valence-electron chi connectivity index (χ4n) is 3.83. The van der Waals surface area contributed by atoms with E-state index < -0.39 is 11.8 Å². The molecule has 2 N–H and O–H groups in total. The van der Waals surface area contributed by atoms with Gasteiger partial charge in [-0.1, -0.05) is 53.5 Å². The molecule has 0 fully saturated rings. The first kappa shape index (κ1) is 25.4. The first-order valence-corrected chi connectivity index (χ1v) is 11.3. The number of phenols is 2. The molecule has 2 atom stereocenters. The van der Waals surface area contributed by atoms with Gasteiger partial charge in [-0.3, -0.25) is 9.59 Å². The molecule has 0 saturated heterocycles. The topological polar surface area (TPSA) is 74.6 Å². The Kier molecular flexibility index (Phi) is 8.82. The van der Waals surface area contributed by atoms with E-state index in [4.69, 9.17) is 0 Å². The maximum Gasteiger partial charge on any atom is 0.171 e. The summed E-state index contributed by atoms with van der Waals surface area (Å²) in [6.07, 6.45) is 11.8. The lowest BCUT2D eigenvalue weighted by Crippen LogP contribution is -2.34. The van der Waals surface area contributed by atoms with Gasteiger partial charge in [0, 0.05) is 11.8 Å². The summed E-state index contributed by atoms with van der Waals surface area (Å²) in [5, 5.41) is 20.2. The molecule has 1 aliphatic rings. The molecule has 0 saturated carbocycles. The van der Waals surface area contributed by atoms with Gasteiger partial charge in [-0.25, -0.2) is 0 Å². The molecular weight excluding hydrogens is 400 g/mol. The Bertz CT molecular complexity index is 1000. The zero-order valence-electron chi connectivity index (χ0n) is 20.2. The minimum absolute atomic E-state index is 0.0461. The molecule has 2 unspecified atom stereocenters. The van der Waals surface area contributed by atoms with Crippen LogP contribution in [0.5, 0.6) is 11.5 Å². The Morgan fingerprint density at radius 2 is 1.19 bits per heavy atom. The number of ketones is 2. The summed E-state index contributed by atoms with van der Waals surface area (Å²) >= 11 is 0. The molecule has 0 amide bonds. The lowest BCUT2D eigenvalue weighted by molar-refractivity contribution is 0.0744. The van der Waals surface area contributed by atoms with Gasteiger partial charge in [0.2, 0.25) is 0 Å². The van der Waals surface area contributed by atoms with Crippen LogP contribution in [0, 0.1) is 11.8 Å². The minimum Gasteiger partial charge on any atom is -0.507 e. The molecule has 0 aromatic heterocycles. The SMILES string of the molecule is CC(C)=CC/C(C)=C\C/C(C)=C/C/C(C)=C\CC1C(=O)c2c(O)ccc(O)c2C(=O)C1C. The van der Waals surface area contributed by atoms with Crippen molar-refractivity contribution in [2.75, 3.05) is 0 Å². The number of hydrogen-bond donors (Lipinski definition) is 2. The smallest absolute Gasteiger partial charge is 0.171 e. The van der Waals surface area contributed by atoms with Crippen molar-refractivity contribution < 1.29 is 19.8 Å². The van der Waals surface area contributed by atoms with Crippen molar-refractivity contribution in [3.63, 3.8) is 0 Å². The number of allylic oxidation sites excluding steroid dienone is 8. The molecule has 1 aromatic carbocycles. The standard InChI is InChI=1S/C28H36O4/c1-17(2)7-8-18(3)9-10-19(4)11-12-20(5)13-14-22-21(6)27(31)25-23(29)15-16-24(30)26(25)28(22)32/h7,9,11,13,15-16,21-22,29-30H,8,10,12,14H2,1-6H3/b18-9-,19-11+,20-13-. The second-order valence-corrected chi connectivity index (χ2v) is 9.26. The first-order valence-electron chi connectivity index (χ1n) is 11.3. The van der Waals surface area contributed by atoms with Gasteiger partial charge in [-0.2, -0.15) is 0 Å². The van der Waals surface area contributed by atoms with Crippen LogP contribution in [-0.2, 0) is 0 Å². The van der Waals surface area contributed by atoms with Crippen molar-refractivity contribution in [1.29, 1.82) is 0 Å². The summed E-state index contributed by atoms with van der Waals surface area (Å²) in [7, 11) is 0. The van der Waals surface area contributed by atoms with Gasteiger partial charge in [0.25, 0.3) is 0 Å². The van der Waals surface area contributed by atoms with Gasteiger partial charge >= 0.3 is 0 Å². The quantitative estimate of drug-likeness (QED) is 0.337. The van der Waals surface area contributed by atoms with Gasteiger partial charge in [-0.15, -0.1) is 0 Å². The van der Waals surface area contributed by atoms with Gasteiger partial charge < -0.3 is 10.2 Å². The van der Waals surface area contributed by atoms with E-state index in [1.165, 1.54) is 28.9 Å². The number of aromatic hydroxyl groups is 2. The van der Waals surface area contributed by atoms with Gasteiger partial charge in [0.05, 0.1) is 11.1 Å². The van der Waals surface area contributed by atoms with Crippen molar-refractivity contribution in [2.24, 2.45) is 11.8 Å². The molecule has 32 heavy (non-hydrogen) atoms. The van der Waals surface area contributed by atoms with E-state index in [1.807, 2.05) is 13.0 Å². The average molecular weight is 437 g/mol. The van der Waals surface area contributed by atoms with Crippen LogP contribution in [0.25, 0.3) is 0 Å². The van der Waals surface area contributed by atoms with Gasteiger partial charge in [0.15, 0.2) is 11.6 Å². The normalized spacial score (nSPS) is 19.8. The molecule has 0 bridgehead atoms.